The molecule has 17 heavy (non-hydrogen) atoms. The third-order valence-electron chi connectivity index (χ3n) is 2.32. The number of phenols is 1. The summed E-state index contributed by atoms with van der Waals surface area (Å²) >= 11 is 3.29. The molecule has 0 aromatic heterocycles. The molecule has 0 heterocycles. The van der Waals surface area contributed by atoms with E-state index in [9.17, 15) is 9.90 Å². The van der Waals surface area contributed by atoms with Crippen molar-refractivity contribution in [1.29, 1.82) is 0 Å². The van der Waals surface area contributed by atoms with E-state index in [-0.39, 0.29) is 11.7 Å². The van der Waals surface area contributed by atoms with Crippen molar-refractivity contribution in [3.05, 3.63) is 40.4 Å². The topological polar surface area (TPSA) is 40.5 Å². The second kappa shape index (κ2) is 5.87. The van der Waals surface area contributed by atoms with Crippen LogP contribution in [0.25, 0.3) is 0 Å². The quantitative estimate of drug-likeness (QED) is 0.867. The Balaban J connectivity index is 3.01. The monoisotopic (exact) mass is 297 g/mol. The average molecular weight is 298 g/mol. The van der Waals surface area contributed by atoms with E-state index < -0.39 is 0 Å². The van der Waals surface area contributed by atoms with Crippen LogP contribution in [0.3, 0.4) is 0 Å². The predicted molar refractivity (Wildman–Crippen MR) is 72.2 cm³/mol. The molecular formula is C13H16BrNO2. The van der Waals surface area contributed by atoms with Crippen LogP contribution in [0.15, 0.2) is 34.8 Å². The van der Waals surface area contributed by atoms with Gasteiger partial charge in [0.15, 0.2) is 0 Å². The highest BCUT2D eigenvalue weighted by Crippen LogP contribution is 2.23. The van der Waals surface area contributed by atoms with Gasteiger partial charge in [-0.05, 0) is 32.0 Å². The van der Waals surface area contributed by atoms with Crippen LogP contribution in [0.1, 0.15) is 24.2 Å². The Morgan fingerprint density at radius 3 is 2.71 bits per heavy atom. The summed E-state index contributed by atoms with van der Waals surface area (Å²) in [5.41, 5.74) is 1.22. The summed E-state index contributed by atoms with van der Waals surface area (Å²) in [6.07, 6.45) is 0. The van der Waals surface area contributed by atoms with Crippen molar-refractivity contribution in [3.63, 3.8) is 0 Å². The van der Waals surface area contributed by atoms with Gasteiger partial charge in [0.1, 0.15) is 5.75 Å². The molecule has 4 heteroatoms. The second-order valence-electron chi connectivity index (χ2n) is 3.94. The molecule has 1 aromatic rings. The van der Waals surface area contributed by atoms with E-state index in [1.54, 1.807) is 17.0 Å². The maximum absolute atomic E-state index is 12.2. The van der Waals surface area contributed by atoms with Crippen molar-refractivity contribution in [3.8, 4) is 5.75 Å². The molecule has 1 amide bonds. The lowest BCUT2D eigenvalue weighted by atomic mass is 10.1. The van der Waals surface area contributed by atoms with E-state index in [1.807, 2.05) is 13.8 Å². The van der Waals surface area contributed by atoms with E-state index in [1.165, 1.54) is 6.07 Å². The third-order valence-corrected chi connectivity index (χ3v) is 2.81. The lowest BCUT2D eigenvalue weighted by Gasteiger charge is -2.21. The van der Waals surface area contributed by atoms with E-state index >= 15 is 0 Å². The van der Waals surface area contributed by atoms with E-state index in [0.29, 0.717) is 18.7 Å². The highest BCUT2D eigenvalue weighted by atomic mass is 79.9. The molecule has 0 saturated carbocycles. The predicted octanol–water partition coefficient (Wildman–Crippen LogP) is 3.19. The van der Waals surface area contributed by atoms with Gasteiger partial charge in [0.2, 0.25) is 0 Å². The molecule has 0 radical (unpaired) electrons. The van der Waals surface area contributed by atoms with Crippen molar-refractivity contribution in [1.82, 2.24) is 4.90 Å². The van der Waals surface area contributed by atoms with Gasteiger partial charge in [-0.25, -0.2) is 0 Å². The van der Waals surface area contributed by atoms with Crippen molar-refractivity contribution >= 4 is 21.8 Å². The first kappa shape index (κ1) is 13.8. The Kier molecular flexibility index (Phi) is 4.75. The fourth-order valence-corrected chi connectivity index (χ4v) is 1.86. The van der Waals surface area contributed by atoms with Crippen LogP contribution in [0, 0.1) is 0 Å². The summed E-state index contributed by atoms with van der Waals surface area (Å²) in [6.45, 7) is 8.65. The molecule has 0 aliphatic rings. The van der Waals surface area contributed by atoms with Crippen molar-refractivity contribution in [2.45, 2.75) is 13.8 Å². The van der Waals surface area contributed by atoms with Crippen LogP contribution in [0.2, 0.25) is 0 Å². The minimum Gasteiger partial charge on any atom is -0.507 e. The molecule has 1 aromatic carbocycles. The number of aromatic hydroxyl groups is 1. The van der Waals surface area contributed by atoms with Crippen LogP contribution in [0.5, 0.6) is 5.75 Å². The number of rotatable bonds is 4. The lowest BCUT2D eigenvalue weighted by molar-refractivity contribution is 0.0775. The van der Waals surface area contributed by atoms with Gasteiger partial charge in [-0.3, -0.25) is 4.79 Å². The number of likely N-dealkylation sites (N-methyl/N-ethyl adjacent to an activating group) is 1. The second-order valence-corrected chi connectivity index (χ2v) is 4.85. The zero-order valence-electron chi connectivity index (χ0n) is 10.0. The number of carbonyl (C=O) groups is 1. The molecule has 0 saturated heterocycles. The van der Waals surface area contributed by atoms with Gasteiger partial charge in [-0.1, -0.05) is 28.1 Å². The third kappa shape index (κ3) is 3.60. The number of hydrogen-bond acceptors (Lipinski definition) is 2. The van der Waals surface area contributed by atoms with E-state index in [4.69, 9.17) is 0 Å². The van der Waals surface area contributed by atoms with Crippen LogP contribution in [0.4, 0.5) is 0 Å². The summed E-state index contributed by atoms with van der Waals surface area (Å²) in [7, 11) is 0. The molecule has 0 fully saturated rings. The summed E-state index contributed by atoms with van der Waals surface area (Å²) in [5.74, 6) is -0.187. The first-order chi connectivity index (χ1) is 7.95. The molecule has 0 atom stereocenters. The Labute approximate surface area is 110 Å². The van der Waals surface area contributed by atoms with Crippen LogP contribution in [-0.4, -0.2) is 29.0 Å². The van der Waals surface area contributed by atoms with E-state index in [0.717, 1.165) is 10.0 Å². The molecule has 92 valence electrons. The first-order valence-corrected chi connectivity index (χ1v) is 6.17. The number of amides is 1. The molecule has 1 rings (SSSR count). The van der Waals surface area contributed by atoms with Gasteiger partial charge in [0.25, 0.3) is 5.91 Å². The summed E-state index contributed by atoms with van der Waals surface area (Å²) < 4.78 is 0.769. The van der Waals surface area contributed by atoms with Crippen molar-refractivity contribution in [2.75, 3.05) is 13.1 Å². The van der Waals surface area contributed by atoms with Gasteiger partial charge in [-0.15, -0.1) is 0 Å². The molecule has 0 spiro atoms. The van der Waals surface area contributed by atoms with Crippen LogP contribution < -0.4 is 0 Å². The smallest absolute Gasteiger partial charge is 0.257 e. The highest BCUT2D eigenvalue weighted by molar-refractivity contribution is 9.10. The average Bonchev–Trinajstić information content (AvgIpc) is 2.28. The van der Waals surface area contributed by atoms with E-state index in [2.05, 4.69) is 22.5 Å². The molecular weight excluding hydrogens is 282 g/mol. The summed E-state index contributed by atoms with van der Waals surface area (Å²) in [5, 5.41) is 9.69. The molecule has 0 unspecified atom stereocenters. The van der Waals surface area contributed by atoms with Crippen LogP contribution in [-0.2, 0) is 0 Å². The SMILES string of the molecule is C=C(C)CN(CC)C(=O)c1cc(Br)ccc1O. The Morgan fingerprint density at radius 1 is 1.53 bits per heavy atom. The molecule has 0 aliphatic carbocycles. The first-order valence-electron chi connectivity index (χ1n) is 5.38. The molecule has 0 bridgehead atoms. The maximum Gasteiger partial charge on any atom is 0.257 e. The number of carbonyl (C=O) groups excluding carboxylic acids is 1. The summed E-state index contributed by atoms with van der Waals surface area (Å²) in [4.78, 5) is 13.8. The van der Waals surface area contributed by atoms with Gasteiger partial charge in [-0.2, -0.15) is 0 Å². The van der Waals surface area contributed by atoms with Gasteiger partial charge in [0.05, 0.1) is 5.56 Å². The fourth-order valence-electron chi connectivity index (χ4n) is 1.50. The zero-order chi connectivity index (χ0) is 13.0. The normalized spacial score (nSPS) is 10.1. The van der Waals surface area contributed by atoms with Crippen molar-refractivity contribution < 1.29 is 9.90 Å². The number of halogens is 1. The lowest BCUT2D eigenvalue weighted by Crippen LogP contribution is -2.32. The van der Waals surface area contributed by atoms with Gasteiger partial charge in [0, 0.05) is 17.6 Å². The number of hydrogen-bond donors (Lipinski definition) is 1. The maximum atomic E-state index is 12.2. The number of nitrogens with zero attached hydrogens (tertiary/aromatic N) is 1. The van der Waals surface area contributed by atoms with Crippen LogP contribution >= 0.6 is 15.9 Å². The highest BCUT2D eigenvalue weighted by Gasteiger charge is 2.17. The largest absolute Gasteiger partial charge is 0.507 e. The molecule has 3 nitrogen and oxygen atoms in total. The van der Waals surface area contributed by atoms with Crippen molar-refractivity contribution in [2.24, 2.45) is 0 Å². The molecule has 0 aliphatic heterocycles. The minimum absolute atomic E-state index is 0.00151. The number of benzene rings is 1. The minimum atomic E-state index is -0.186. The fraction of sp³-hybridized carbons (Fsp3) is 0.308. The van der Waals surface area contributed by atoms with Gasteiger partial charge < -0.3 is 10.0 Å². The Morgan fingerprint density at radius 2 is 2.18 bits per heavy atom. The summed E-state index contributed by atoms with van der Waals surface area (Å²) in [6, 6.07) is 4.83. The Hall–Kier alpha value is -1.29. The van der Waals surface area contributed by atoms with Gasteiger partial charge >= 0.3 is 0 Å². The molecule has 1 N–H and O–H groups in total. The Bertz CT molecular complexity index is 443. The standard InChI is InChI=1S/C13H16BrNO2/c1-4-15(8-9(2)3)13(17)11-7-10(14)5-6-12(11)16/h5-7,16H,2,4,8H2,1,3H3. The zero-order valence-corrected chi connectivity index (χ0v) is 11.6. The number of phenolic OH excluding ortho intramolecular Hbond substituents is 1.